The van der Waals surface area contributed by atoms with Gasteiger partial charge in [-0.1, -0.05) is 0 Å². The molecule has 0 aliphatic carbocycles. The second kappa shape index (κ2) is 5.11. The SMILES string of the molecule is Cc1cc(N)cnc1NS(=O)(=O)C1CCOCC1. The predicted octanol–water partition coefficient (Wildman–Crippen LogP) is 0.893. The van der Waals surface area contributed by atoms with Crippen LogP contribution in [0, 0.1) is 6.92 Å². The lowest BCUT2D eigenvalue weighted by molar-refractivity contribution is 0.0984. The number of ether oxygens (including phenoxy) is 1. The molecule has 0 amide bonds. The van der Waals surface area contributed by atoms with Gasteiger partial charge in [-0.2, -0.15) is 0 Å². The molecule has 2 rings (SSSR count). The molecule has 0 saturated carbocycles. The van der Waals surface area contributed by atoms with E-state index in [-0.39, 0.29) is 0 Å². The van der Waals surface area contributed by atoms with E-state index in [1.165, 1.54) is 6.20 Å². The first-order chi connectivity index (χ1) is 8.49. The van der Waals surface area contributed by atoms with Crippen molar-refractivity contribution in [1.29, 1.82) is 0 Å². The fraction of sp³-hybridized carbons (Fsp3) is 0.545. The minimum atomic E-state index is -3.41. The van der Waals surface area contributed by atoms with Crippen LogP contribution < -0.4 is 10.5 Å². The molecule has 1 aromatic rings. The lowest BCUT2D eigenvalue weighted by Gasteiger charge is -2.22. The predicted molar refractivity (Wildman–Crippen MR) is 69.8 cm³/mol. The quantitative estimate of drug-likeness (QED) is 0.851. The Morgan fingerprint density at radius 2 is 2.11 bits per heavy atom. The zero-order valence-corrected chi connectivity index (χ0v) is 11.0. The van der Waals surface area contributed by atoms with Crippen molar-refractivity contribution in [2.75, 3.05) is 23.7 Å². The van der Waals surface area contributed by atoms with E-state index in [9.17, 15) is 8.42 Å². The standard InChI is InChI=1S/C11H17N3O3S/c1-8-6-9(12)7-13-11(8)14-18(15,16)10-2-4-17-5-3-10/h6-7,10H,2-5,12H2,1H3,(H,13,14). The number of sulfonamides is 1. The van der Waals surface area contributed by atoms with Crippen LogP contribution in [0.1, 0.15) is 18.4 Å². The summed E-state index contributed by atoms with van der Waals surface area (Å²) in [6.45, 7) is 2.74. The maximum absolute atomic E-state index is 12.2. The summed E-state index contributed by atoms with van der Waals surface area (Å²) in [6.07, 6.45) is 2.47. The Kier molecular flexibility index (Phi) is 3.72. The number of aryl methyl sites for hydroxylation is 1. The highest BCUT2D eigenvalue weighted by Gasteiger charge is 2.28. The minimum Gasteiger partial charge on any atom is -0.397 e. The van der Waals surface area contributed by atoms with Crippen molar-refractivity contribution in [2.45, 2.75) is 25.0 Å². The number of rotatable bonds is 3. The molecule has 1 saturated heterocycles. The van der Waals surface area contributed by atoms with Gasteiger partial charge in [-0.25, -0.2) is 13.4 Å². The van der Waals surface area contributed by atoms with Crippen molar-refractivity contribution < 1.29 is 13.2 Å². The van der Waals surface area contributed by atoms with Gasteiger partial charge in [0.15, 0.2) is 0 Å². The maximum Gasteiger partial charge on any atom is 0.236 e. The van der Waals surface area contributed by atoms with Crippen molar-refractivity contribution in [3.63, 3.8) is 0 Å². The van der Waals surface area contributed by atoms with Gasteiger partial charge in [-0.05, 0) is 31.4 Å². The van der Waals surface area contributed by atoms with Gasteiger partial charge < -0.3 is 10.5 Å². The van der Waals surface area contributed by atoms with Crippen molar-refractivity contribution in [3.8, 4) is 0 Å². The number of nitrogens with one attached hydrogen (secondary N) is 1. The highest BCUT2D eigenvalue weighted by molar-refractivity contribution is 7.93. The molecule has 0 atom stereocenters. The van der Waals surface area contributed by atoms with E-state index >= 15 is 0 Å². The summed E-state index contributed by atoms with van der Waals surface area (Å²) < 4.78 is 32.0. The van der Waals surface area contributed by atoms with E-state index in [4.69, 9.17) is 10.5 Å². The van der Waals surface area contributed by atoms with Crippen LogP contribution in [-0.2, 0) is 14.8 Å². The number of hydrogen-bond donors (Lipinski definition) is 2. The Morgan fingerprint density at radius 1 is 1.44 bits per heavy atom. The van der Waals surface area contributed by atoms with Crippen LogP contribution in [0.3, 0.4) is 0 Å². The summed E-state index contributed by atoms with van der Waals surface area (Å²) in [5, 5.41) is -0.412. The van der Waals surface area contributed by atoms with Crippen LogP contribution in [-0.4, -0.2) is 31.9 Å². The average molecular weight is 271 g/mol. The molecule has 0 bridgehead atoms. The molecule has 1 fully saturated rings. The van der Waals surface area contributed by atoms with Gasteiger partial charge in [0.25, 0.3) is 0 Å². The van der Waals surface area contributed by atoms with Gasteiger partial charge in [-0.3, -0.25) is 4.72 Å². The fourth-order valence-corrected chi connectivity index (χ4v) is 3.37. The Labute approximate surface area is 107 Å². The molecule has 2 heterocycles. The van der Waals surface area contributed by atoms with Crippen LogP contribution in [0.25, 0.3) is 0 Å². The Morgan fingerprint density at radius 3 is 2.72 bits per heavy atom. The Hall–Kier alpha value is -1.34. The number of nitrogens with zero attached hydrogens (tertiary/aromatic N) is 1. The third-order valence-corrected chi connectivity index (χ3v) is 4.77. The molecule has 1 aliphatic heterocycles. The summed E-state index contributed by atoms with van der Waals surface area (Å²) in [7, 11) is -3.41. The van der Waals surface area contributed by atoms with Crippen molar-refractivity contribution >= 4 is 21.5 Å². The molecule has 7 heteroatoms. The second-order valence-corrected chi connectivity index (χ2v) is 6.35. The number of nitrogen functional groups attached to an aromatic ring is 1. The maximum atomic E-state index is 12.2. The zero-order chi connectivity index (χ0) is 13.2. The van der Waals surface area contributed by atoms with E-state index in [0.29, 0.717) is 43.1 Å². The monoisotopic (exact) mass is 271 g/mol. The average Bonchev–Trinajstić information content (AvgIpc) is 2.34. The van der Waals surface area contributed by atoms with E-state index in [1.54, 1.807) is 13.0 Å². The van der Waals surface area contributed by atoms with Crippen LogP contribution in [0.4, 0.5) is 11.5 Å². The van der Waals surface area contributed by atoms with E-state index < -0.39 is 15.3 Å². The molecule has 1 aromatic heterocycles. The molecule has 100 valence electrons. The Balaban J connectivity index is 2.16. The molecule has 0 aromatic carbocycles. The molecule has 0 radical (unpaired) electrons. The van der Waals surface area contributed by atoms with Gasteiger partial charge in [0.2, 0.25) is 10.0 Å². The summed E-state index contributed by atoms with van der Waals surface area (Å²) in [5.74, 6) is 0.343. The summed E-state index contributed by atoms with van der Waals surface area (Å²) in [4.78, 5) is 4.01. The first-order valence-electron chi connectivity index (χ1n) is 5.80. The number of hydrogen-bond acceptors (Lipinski definition) is 5. The topological polar surface area (TPSA) is 94.3 Å². The molecule has 0 spiro atoms. The van der Waals surface area contributed by atoms with Gasteiger partial charge in [0, 0.05) is 13.2 Å². The first-order valence-corrected chi connectivity index (χ1v) is 7.35. The minimum absolute atomic E-state index is 0.343. The normalized spacial score (nSPS) is 17.6. The smallest absolute Gasteiger partial charge is 0.236 e. The van der Waals surface area contributed by atoms with Gasteiger partial charge in [0.1, 0.15) is 5.82 Å². The van der Waals surface area contributed by atoms with Gasteiger partial charge in [-0.15, -0.1) is 0 Å². The lowest BCUT2D eigenvalue weighted by Crippen LogP contribution is -2.33. The number of aromatic nitrogens is 1. The number of pyridine rings is 1. The summed E-state index contributed by atoms with van der Waals surface area (Å²) >= 11 is 0. The third kappa shape index (κ3) is 2.91. The fourth-order valence-electron chi connectivity index (χ4n) is 1.91. The van der Waals surface area contributed by atoms with Crippen molar-refractivity contribution in [1.82, 2.24) is 4.98 Å². The molecule has 0 unspecified atom stereocenters. The lowest BCUT2D eigenvalue weighted by atomic mass is 10.2. The summed E-state index contributed by atoms with van der Waals surface area (Å²) in [6, 6.07) is 1.69. The van der Waals surface area contributed by atoms with Crippen LogP contribution in [0.2, 0.25) is 0 Å². The molecule has 3 N–H and O–H groups in total. The third-order valence-electron chi connectivity index (χ3n) is 2.95. The molecular weight excluding hydrogens is 254 g/mol. The highest BCUT2D eigenvalue weighted by atomic mass is 32.2. The molecule has 6 nitrogen and oxygen atoms in total. The first kappa shape index (κ1) is 13.1. The van der Waals surface area contributed by atoms with Crippen LogP contribution in [0.5, 0.6) is 0 Å². The zero-order valence-electron chi connectivity index (χ0n) is 10.2. The molecular formula is C11H17N3O3S. The van der Waals surface area contributed by atoms with E-state index in [1.807, 2.05) is 0 Å². The molecule has 1 aliphatic rings. The van der Waals surface area contributed by atoms with Gasteiger partial charge >= 0.3 is 0 Å². The molecule has 18 heavy (non-hydrogen) atoms. The number of nitrogens with two attached hydrogens (primary N) is 1. The van der Waals surface area contributed by atoms with E-state index in [0.717, 1.165) is 0 Å². The van der Waals surface area contributed by atoms with Gasteiger partial charge in [0.05, 0.1) is 17.1 Å². The van der Waals surface area contributed by atoms with Crippen LogP contribution >= 0.6 is 0 Å². The van der Waals surface area contributed by atoms with Crippen molar-refractivity contribution in [2.24, 2.45) is 0 Å². The highest BCUT2D eigenvalue weighted by Crippen LogP contribution is 2.21. The second-order valence-electron chi connectivity index (χ2n) is 4.39. The summed E-state index contributed by atoms with van der Waals surface area (Å²) in [5.41, 5.74) is 6.81. The Bertz CT molecular complexity index is 524. The number of anilines is 2. The largest absolute Gasteiger partial charge is 0.397 e. The van der Waals surface area contributed by atoms with E-state index in [2.05, 4.69) is 9.71 Å². The van der Waals surface area contributed by atoms with Crippen molar-refractivity contribution in [3.05, 3.63) is 17.8 Å². The van der Waals surface area contributed by atoms with Crippen LogP contribution in [0.15, 0.2) is 12.3 Å².